The van der Waals surface area contributed by atoms with Gasteiger partial charge in [0, 0.05) is 13.1 Å². The van der Waals surface area contributed by atoms with E-state index in [2.05, 4.69) is 15.0 Å². The number of alkyl halides is 3. The van der Waals surface area contributed by atoms with Gasteiger partial charge in [-0.2, -0.15) is 0 Å². The normalized spacial score (nSPS) is 18.5. The number of hydrogen-bond donors (Lipinski definition) is 2. The number of β-amino-alcohol motifs (C(OH)–C–C–N with tert-alkyl or cyclic N) is 1. The summed E-state index contributed by atoms with van der Waals surface area (Å²) < 4.78 is 40.1. The van der Waals surface area contributed by atoms with Crippen molar-refractivity contribution in [2.75, 3.05) is 26.2 Å². The van der Waals surface area contributed by atoms with Crippen LogP contribution in [0.25, 0.3) is 0 Å². The van der Waals surface area contributed by atoms with E-state index in [0.717, 1.165) is 44.6 Å². The summed E-state index contributed by atoms with van der Waals surface area (Å²) in [4.78, 5) is 2.28. The highest BCUT2D eigenvalue weighted by atomic mass is 19.4. The fourth-order valence-corrected chi connectivity index (χ4v) is 2.98. The van der Waals surface area contributed by atoms with Gasteiger partial charge in [0.15, 0.2) is 0 Å². The van der Waals surface area contributed by atoms with Gasteiger partial charge in [-0.15, -0.1) is 13.2 Å². The Morgan fingerprint density at radius 2 is 1.88 bits per heavy atom. The number of halogens is 3. The minimum absolute atomic E-state index is 0.197. The maximum Gasteiger partial charge on any atom is 0.573 e. The van der Waals surface area contributed by atoms with Crippen molar-refractivity contribution in [3.8, 4) is 5.75 Å². The molecule has 0 aromatic heterocycles. The van der Waals surface area contributed by atoms with Crippen LogP contribution in [0.4, 0.5) is 13.2 Å². The van der Waals surface area contributed by atoms with Crippen LogP contribution in [-0.2, 0) is 6.54 Å². The summed E-state index contributed by atoms with van der Waals surface area (Å²) in [5.41, 5.74) is 0.927. The molecule has 0 aliphatic carbocycles. The molecule has 0 radical (unpaired) electrons. The summed E-state index contributed by atoms with van der Waals surface area (Å²) in [6, 6.07) is 5.94. The molecule has 7 heteroatoms. The third kappa shape index (κ3) is 7.07. The third-order valence-corrected chi connectivity index (χ3v) is 4.15. The van der Waals surface area contributed by atoms with Crippen molar-refractivity contribution < 1.29 is 23.0 Å². The van der Waals surface area contributed by atoms with Gasteiger partial charge < -0.3 is 20.1 Å². The molecular formula is C17H25F3N2O2. The molecule has 0 amide bonds. The monoisotopic (exact) mass is 346 g/mol. The lowest BCUT2D eigenvalue weighted by molar-refractivity contribution is -0.274. The van der Waals surface area contributed by atoms with Gasteiger partial charge in [0.05, 0.1) is 6.10 Å². The highest BCUT2D eigenvalue weighted by molar-refractivity contribution is 5.27. The van der Waals surface area contributed by atoms with Crippen LogP contribution in [-0.4, -0.2) is 48.7 Å². The van der Waals surface area contributed by atoms with E-state index >= 15 is 0 Å². The fraction of sp³-hybridized carbons (Fsp3) is 0.647. The van der Waals surface area contributed by atoms with Gasteiger partial charge in [0.25, 0.3) is 0 Å². The van der Waals surface area contributed by atoms with E-state index in [0.29, 0.717) is 12.5 Å². The number of aliphatic hydroxyl groups excluding tert-OH is 1. The summed E-state index contributed by atoms with van der Waals surface area (Å²) in [7, 11) is 0. The molecular weight excluding hydrogens is 321 g/mol. The van der Waals surface area contributed by atoms with Crippen LogP contribution in [0.2, 0.25) is 0 Å². The molecule has 0 bridgehead atoms. The van der Waals surface area contributed by atoms with E-state index in [-0.39, 0.29) is 11.9 Å². The number of rotatable bonds is 7. The lowest BCUT2D eigenvalue weighted by Gasteiger charge is -2.32. The summed E-state index contributed by atoms with van der Waals surface area (Å²) in [6.07, 6.45) is -2.75. The van der Waals surface area contributed by atoms with Crippen molar-refractivity contribution in [2.45, 2.75) is 38.8 Å². The first-order valence-corrected chi connectivity index (χ1v) is 8.27. The Labute approximate surface area is 140 Å². The predicted octanol–water partition coefficient (Wildman–Crippen LogP) is 2.77. The molecule has 0 saturated carbocycles. The van der Waals surface area contributed by atoms with Crippen LogP contribution >= 0.6 is 0 Å². The summed E-state index contributed by atoms with van der Waals surface area (Å²) >= 11 is 0. The van der Waals surface area contributed by atoms with Gasteiger partial charge in [0.2, 0.25) is 0 Å². The summed E-state index contributed by atoms with van der Waals surface area (Å²) in [5.74, 6) is 0.403. The summed E-state index contributed by atoms with van der Waals surface area (Å²) in [6.45, 7) is 6.05. The fourth-order valence-electron chi connectivity index (χ4n) is 2.98. The molecule has 0 unspecified atom stereocenters. The Morgan fingerprint density at radius 1 is 1.25 bits per heavy atom. The largest absolute Gasteiger partial charge is 0.573 e. The average Bonchev–Trinajstić information content (AvgIpc) is 2.49. The van der Waals surface area contributed by atoms with E-state index in [1.807, 2.05) is 0 Å². The molecule has 24 heavy (non-hydrogen) atoms. The standard InChI is InChI=1S/C17H25F3N2O2/c1-13(23)12-22-8-6-15(7-9-22)11-21-10-14-2-4-16(5-3-14)24-17(18,19)20/h2-5,13,15,21,23H,6-12H2,1H3/t13-/m1/s1. The van der Waals surface area contributed by atoms with Crippen LogP contribution in [0.3, 0.4) is 0 Å². The number of hydrogen-bond acceptors (Lipinski definition) is 4. The van der Waals surface area contributed by atoms with Crippen LogP contribution in [0.5, 0.6) is 5.75 Å². The number of ether oxygens (including phenoxy) is 1. The Kier molecular flexibility index (Phi) is 6.89. The minimum atomic E-state index is -4.65. The number of aliphatic hydroxyl groups is 1. The first-order valence-electron chi connectivity index (χ1n) is 8.27. The molecule has 1 atom stereocenters. The van der Waals surface area contributed by atoms with Gasteiger partial charge in [0.1, 0.15) is 5.75 Å². The molecule has 4 nitrogen and oxygen atoms in total. The Morgan fingerprint density at radius 3 is 2.42 bits per heavy atom. The zero-order chi connectivity index (χ0) is 17.6. The number of nitrogens with zero attached hydrogens (tertiary/aromatic N) is 1. The second-order valence-corrected chi connectivity index (χ2v) is 6.42. The average molecular weight is 346 g/mol. The van der Waals surface area contributed by atoms with Gasteiger partial charge >= 0.3 is 6.36 Å². The molecule has 1 fully saturated rings. The molecule has 1 heterocycles. The first kappa shape index (κ1) is 19.0. The third-order valence-electron chi connectivity index (χ3n) is 4.15. The van der Waals surface area contributed by atoms with Crippen LogP contribution in [0.15, 0.2) is 24.3 Å². The van der Waals surface area contributed by atoms with Gasteiger partial charge in [-0.05, 0) is 63.0 Å². The SMILES string of the molecule is C[C@@H](O)CN1CCC(CNCc2ccc(OC(F)(F)F)cc2)CC1. The molecule has 1 aliphatic heterocycles. The Hall–Kier alpha value is -1.31. The molecule has 0 spiro atoms. The maximum atomic E-state index is 12.1. The smallest absolute Gasteiger partial charge is 0.406 e. The van der Waals surface area contributed by atoms with Crippen molar-refractivity contribution in [1.29, 1.82) is 0 Å². The molecule has 1 saturated heterocycles. The zero-order valence-electron chi connectivity index (χ0n) is 13.9. The van der Waals surface area contributed by atoms with Crippen molar-refractivity contribution in [3.05, 3.63) is 29.8 Å². The van der Waals surface area contributed by atoms with Gasteiger partial charge in [-0.1, -0.05) is 12.1 Å². The van der Waals surface area contributed by atoms with E-state index in [4.69, 9.17) is 0 Å². The topological polar surface area (TPSA) is 44.7 Å². The van der Waals surface area contributed by atoms with E-state index in [9.17, 15) is 18.3 Å². The van der Waals surface area contributed by atoms with Crippen molar-refractivity contribution >= 4 is 0 Å². The highest BCUT2D eigenvalue weighted by Crippen LogP contribution is 2.23. The highest BCUT2D eigenvalue weighted by Gasteiger charge is 2.30. The number of nitrogens with one attached hydrogen (secondary N) is 1. The van der Waals surface area contributed by atoms with Crippen LogP contribution < -0.4 is 10.1 Å². The number of benzene rings is 1. The van der Waals surface area contributed by atoms with Crippen LogP contribution in [0.1, 0.15) is 25.3 Å². The Bertz CT molecular complexity index is 484. The maximum absolute atomic E-state index is 12.1. The second kappa shape index (κ2) is 8.69. The van der Waals surface area contributed by atoms with Crippen molar-refractivity contribution in [1.82, 2.24) is 10.2 Å². The molecule has 136 valence electrons. The lowest BCUT2D eigenvalue weighted by Crippen LogP contribution is -2.40. The zero-order valence-corrected chi connectivity index (χ0v) is 13.9. The predicted molar refractivity (Wildman–Crippen MR) is 85.7 cm³/mol. The van der Waals surface area contributed by atoms with Crippen molar-refractivity contribution in [3.63, 3.8) is 0 Å². The van der Waals surface area contributed by atoms with Crippen LogP contribution in [0, 0.1) is 5.92 Å². The second-order valence-electron chi connectivity index (χ2n) is 6.42. The molecule has 1 aliphatic rings. The number of likely N-dealkylation sites (tertiary alicyclic amines) is 1. The van der Waals surface area contributed by atoms with Crippen molar-refractivity contribution in [2.24, 2.45) is 5.92 Å². The molecule has 1 aromatic rings. The summed E-state index contributed by atoms with van der Waals surface area (Å²) in [5, 5.41) is 12.8. The minimum Gasteiger partial charge on any atom is -0.406 e. The number of piperidine rings is 1. The van der Waals surface area contributed by atoms with Gasteiger partial charge in [-0.3, -0.25) is 0 Å². The van der Waals surface area contributed by atoms with Gasteiger partial charge in [-0.25, -0.2) is 0 Å². The first-order chi connectivity index (χ1) is 11.3. The molecule has 1 aromatic carbocycles. The molecule has 2 rings (SSSR count). The Balaban J connectivity index is 1.66. The van der Waals surface area contributed by atoms with E-state index in [1.165, 1.54) is 12.1 Å². The molecule has 2 N–H and O–H groups in total. The lowest BCUT2D eigenvalue weighted by atomic mass is 9.96. The van der Waals surface area contributed by atoms with E-state index < -0.39 is 6.36 Å². The van der Waals surface area contributed by atoms with E-state index in [1.54, 1.807) is 19.1 Å². The quantitative estimate of drug-likeness (QED) is 0.797.